The van der Waals surface area contributed by atoms with E-state index in [1.54, 1.807) is 0 Å². The summed E-state index contributed by atoms with van der Waals surface area (Å²) in [5, 5.41) is 0. The Kier molecular flexibility index (Phi) is 4.14. The van der Waals surface area contributed by atoms with Crippen molar-refractivity contribution in [1.29, 1.82) is 0 Å². The van der Waals surface area contributed by atoms with Crippen LogP contribution in [-0.2, 0) is 11.2 Å². The van der Waals surface area contributed by atoms with Gasteiger partial charge in [-0.05, 0) is 24.0 Å². The fraction of sp³-hybridized carbons (Fsp3) is 0.316. The molecule has 0 aromatic heterocycles. The molecule has 21 heavy (non-hydrogen) atoms. The molecule has 1 aliphatic rings. The second-order valence-corrected chi connectivity index (χ2v) is 5.75. The third kappa shape index (κ3) is 3.05. The molecule has 2 heteroatoms. The van der Waals surface area contributed by atoms with Crippen molar-refractivity contribution in [2.75, 3.05) is 0 Å². The van der Waals surface area contributed by atoms with Gasteiger partial charge in [0.25, 0.3) is 0 Å². The number of hydrogen-bond donors (Lipinski definition) is 0. The first kappa shape index (κ1) is 14.0. The van der Waals surface area contributed by atoms with E-state index in [1.165, 1.54) is 0 Å². The number of ketones is 1. The van der Waals surface area contributed by atoms with Gasteiger partial charge in [0.1, 0.15) is 12.0 Å². The lowest BCUT2D eigenvalue weighted by Gasteiger charge is -2.33. The fourth-order valence-electron chi connectivity index (χ4n) is 3.32. The van der Waals surface area contributed by atoms with E-state index < -0.39 is 6.17 Å². The lowest BCUT2D eigenvalue weighted by atomic mass is 9.71. The zero-order valence-electron chi connectivity index (χ0n) is 11.9. The molecule has 0 spiro atoms. The molecule has 0 saturated heterocycles. The van der Waals surface area contributed by atoms with Gasteiger partial charge in [-0.1, -0.05) is 60.7 Å². The Labute approximate surface area is 124 Å². The molecule has 0 heterocycles. The van der Waals surface area contributed by atoms with E-state index in [0.717, 1.165) is 11.1 Å². The van der Waals surface area contributed by atoms with Gasteiger partial charge in [0, 0.05) is 18.3 Å². The third-order valence-corrected chi connectivity index (χ3v) is 4.39. The molecule has 1 aliphatic carbocycles. The summed E-state index contributed by atoms with van der Waals surface area (Å²) in [5.41, 5.74) is 2.05. The van der Waals surface area contributed by atoms with Crippen LogP contribution in [0.25, 0.3) is 0 Å². The molecular weight excluding hydrogens is 263 g/mol. The molecule has 3 unspecified atom stereocenters. The Morgan fingerprint density at radius 1 is 0.952 bits per heavy atom. The van der Waals surface area contributed by atoms with E-state index >= 15 is 0 Å². The first-order valence-electron chi connectivity index (χ1n) is 7.51. The van der Waals surface area contributed by atoms with Crippen molar-refractivity contribution in [2.45, 2.75) is 31.4 Å². The molecule has 1 nitrogen and oxygen atoms in total. The van der Waals surface area contributed by atoms with Crippen LogP contribution in [0.1, 0.15) is 29.9 Å². The summed E-state index contributed by atoms with van der Waals surface area (Å²) < 4.78 is 14.5. The minimum atomic E-state index is -0.932. The highest BCUT2D eigenvalue weighted by atomic mass is 19.1. The molecule has 0 bridgehead atoms. The Morgan fingerprint density at radius 3 is 2.24 bits per heavy atom. The molecule has 2 aromatic rings. The van der Waals surface area contributed by atoms with Gasteiger partial charge in [0.05, 0.1) is 0 Å². The summed E-state index contributed by atoms with van der Waals surface area (Å²) >= 11 is 0. The smallest absolute Gasteiger partial charge is 0.137 e. The zero-order chi connectivity index (χ0) is 14.7. The number of carbonyl (C=O) groups excluding carboxylic acids is 1. The lowest BCUT2D eigenvalue weighted by Crippen LogP contribution is -2.35. The van der Waals surface area contributed by atoms with Crippen LogP contribution in [0, 0.1) is 5.92 Å². The maximum absolute atomic E-state index is 14.5. The van der Waals surface area contributed by atoms with Gasteiger partial charge in [-0.3, -0.25) is 4.79 Å². The van der Waals surface area contributed by atoms with Gasteiger partial charge in [-0.15, -0.1) is 0 Å². The summed E-state index contributed by atoms with van der Waals surface area (Å²) in [5.74, 6) is -0.368. The molecule has 0 N–H and O–H groups in total. The van der Waals surface area contributed by atoms with Crippen molar-refractivity contribution in [1.82, 2.24) is 0 Å². The Morgan fingerprint density at radius 2 is 1.57 bits per heavy atom. The molecule has 0 radical (unpaired) electrons. The highest BCUT2D eigenvalue weighted by molar-refractivity contribution is 5.83. The topological polar surface area (TPSA) is 17.1 Å². The van der Waals surface area contributed by atoms with Crippen LogP contribution in [0.2, 0.25) is 0 Å². The Bertz CT molecular complexity index is 593. The Balaban J connectivity index is 1.91. The monoisotopic (exact) mass is 282 g/mol. The fourth-order valence-corrected chi connectivity index (χ4v) is 3.32. The molecule has 3 rings (SSSR count). The molecule has 1 fully saturated rings. The highest BCUT2D eigenvalue weighted by Crippen LogP contribution is 2.39. The number of Topliss-reactive ketones (excluding diaryl/α,β-unsaturated/α-hetero) is 1. The molecular formula is C19H19FO. The summed E-state index contributed by atoms with van der Waals surface area (Å²) in [4.78, 5) is 12.4. The Hall–Kier alpha value is -1.96. The van der Waals surface area contributed by atoms with Crippen molar-refractivity contribution in [2.24, 2.45) is 5.92 Å². The molecule has 0 amide bonds. The molecule has 0 aliphatic heterocycles. The predicted molar refractivity (Wildman–Crippen MR) is 82.0 cm³/mol. The van der Waals surface area contributed by atoms with Crippen LogP contribution >= 0.6 is 0 Å². The number of carbonyl (C=O) groups is 1. The SMILES string of the molecule is O=C1CCC(F)C(c2ccccc2)C1Cc1ccccc1. The number of halogens is 1. The van der Waals surface area contributed by atoms with E-state index in [0.29, 0.717) is 19.3 Å². The number of hydrogen-bond acceptors (Lipinski definition) is 1. The summed E-state index contributed by atoms with van der Waals surface area (Å²) in [6.07, 6.45) is 0.407. The first-order chi connectivity index (χ1) is 10.3. The number of rotatable bonds is 3. The van der Waals surface area contributed by atoms with Gasteiger partial charge in [-0.25, -0.2) is 4.39 Å². The van der Waals surface area contributed by atoms with E-state index in [9.17, 15) is 9.18 Å². The lowest BCUT2D eigenvalue weighted by molar-refractivity contribution is -0.126. The molecule has 2 aromatic carbocycles. The highest BCUT2D eigenvalue weighted by Gasteiger charge is 2.39. The van der Waals surface area contributed by atoms with Gasteiger partial charge >= 0.3 is 0 Å². The maximum Gasteiger partial charge on any atom is 0.137 e. The van der Waals surface area contributed by atoms with E-state index in [-0.39, 0.29) is 17.6 Å². The maximum atomic E-state index is 14.5. The van der Waals surface area contributed by atoms with Crippen LogP contribution in [0.15, 0.2) is 60.7 Å². The van der Waals surface area contributed by atoms with Crippen LogP contribution in [0.5, 0.6) is 0 Å². The number of alkyl halides is 1. The second kappa shape index (κ2) is 6.21. The minimum Gasteiger partial charge on any atom is -0.299 e. The summed E-state index contributed by atoms with van der Waals surface area (Å²) in [6, 6.07) is 19.5. The van der Waals surface area contributed by atoms with Crippen LogP contribution in [-0.4, -0.2) is 12.0 Å². The molecule has 1 saturated carbocycles. The first-order valence-corrected chi connectivity index (χ1v) is 7.51. The average Bonchev–Trinajstić information content (AvgIpc) is 2.53. The molecule has 108 valence electrons. The van der Waals surface area contributed by atoms with Gasteiger partial charge < -0.3 is 0 Å². The summed E-state index contributed by atoms with van der Waals surface area (Å²) in [6.45, 7) is 0. The van der Waals surface area contributed by atoms with Crippen LogP contribution < -0.4 is 0 Å². The second-order valence-electron chi connectivity index (χ2n) is 5.75. The normalized spacial score (nSPS) is 25.8. The van der Waals surface area contributed by atoms with Crippen molar-refractivity contribution in [3.05, 3.63) is 71.8 Å². The molecule has 3 atom stereocenters. The quantitative estimate of drug-likeness (QED) is 0.819. The zero-order valence-corrected chi connectivity index (χ0v) is 11.9. The minimum absolute atomic E-state index is 0.196. The van der Waals surface area contributed by atoms with Crippen molar-refractivity contribution in [3.8, 4) is 0 Å². The van der Waals surface area contributed by atoms with Crippen LogP contribution in [0.4, 0.5) is 4.39 Å². The summed E-state index contributed by atoms with van der Waals surface area (Å²) in [7, 11) is 0. The van der Waals surface area contributed by atoms with Crippen molar-refractivity contribution >= 4 is 5.78 Å². The van der Waals surface area contributed by atoms with Gasteiger partial charge in [-0.2, -0.15) is 0 Å². The van der Waals surface area contributed by atoms with Crippen LogP contribution in [0.3, 0.4) is 0 Å². The number of benzene rings is 2. The van der Waals surface area contributed by atoms with Gasteiger partial charge in [0.2, 0.25) is 0 Å². The average molecular weight is 282 g/mol. The predicted octanol–water partition coefficient (Wildman–Crippen LogP) is 4.33. The van der Waals surface area contributed by atoms with E-state index in [2.05, 4.69) is 0 Å². The van der Waals surface area contributed by atoms with Crippen molar-refractivity contribution in [3.63, 3.8) is 0 Å². The van der Waals surface area contributed by atoms with E-state index in [1.807, 2.05) is 60.7 Å². The van der Waals surface area contributed by atoms with Gasteiger partial charge in [0.15, 0.2) is 0 Å². The van der Waals surface area contributed by atoms with E-state index in [4.69, 9.17) is 0 Å². The standard InChI is InChI=1S/C19H19FO/c20-17-11-12-18(21)16(13-14-7-3-1-4-8-14)19(17)15-9-5-2-6-10-15/h1-10,16-17,19H,11-13H2. The van der Waals surface area contributed by atoms with Crippen molar-refractivity contribution < 1.29 is 9.18 Å². The third-order valence-electron chi connectivity index (χ3n) is 4.39. The largest absolute Gasteiger partial charge is 0.299 e.